The van der Waals surface area contributed by atoms with Crippen molar-refractivity contribution in [2.24, 2.45) is 0 Å². The molecule has 0 amide bonds. The Balaban J connectivity index is 2.47. The first kappa shape index (κ1) is 13.6. The van der Waals surface area contributed by atoms with Crippen LogP contribution in [0.4, 0.5) is 17.1 Å². The molecule has 20 heavy (non-hydrogen) atoms. The van der Waals surface area contributed by atoms with Gasteiger partial charge in [-0.3, -0.25) is 0 Å². The predicted molar refractivity (Wildman–Crippen MR) is 78.4 cm³/mol. The minimum Gasteiger partial charge on any atom is -0.497 e. The molecule has 2 aromatic carbocycles. The number of nitrogen functional groups attached to an aromatic ring is 1. The van der Waals surface area contributed by atoms with Crippen LogP contribution in [0.1, 0.15) is 5.56 Å². The average Bonchev–Trinajstić information content (AvgIpc) is 2.49. The summed E-state index contributed by atoms with van der Waals surface area (Å²) in [6.07, 6.45) is 0. The van der Waals surface area contributed by atoms with Gasteiger partial charge in [-0.1, -0.05) is 6.07 Å². The molecule has 3 N–H and O–H groups in total. The number of hydrogen-bond donors (Lipinski definition) is 2. The largest absolute Gasteiger partial charge is 0.497 e. The summed E-state index contributed by atoms with van der Waals surface area (Å²) in [5, 5.41) is 12.3. The first-order valence-electron chi connectivity index (χ1n) is 5.97. The number of para-hydroxylation sites is 1. The maximum Gasteiger partial charge on any atom is 0.143 e. The lowest BCUT2D eigenvalue weighted by Gasteiger charge is -2.15. The SMILES string of the molecule is COc1ccc(N)c(Nc2c(C#N)cccc2OC)c1. The fraction of sp³-hybridized carbons (Fsp3) is 0.133. The van der Waals surface area contributed by atoms with Crippen molar-refractivity contribution in [2.45, 2.75) is 0 Å². The monoisotopic (exact) mass is 269 g/mol. The second-order valence-electron chi connectivity index (χ2n) is 4.07. The van der Waals surface area contributed by atoms with Gasteiger partial charge in [0.15, 0.2) is 0 Å². The normalized spacial score (nSPS) is 9.65. The van der Waals surface area contributed by atoms with Crippen molar-refractivity contribution >= 4 is 17.1 Å². The van der Waals surface area contributed by atoms with E-state index < -0.39 is 0 Å². The Morgan fingerprint density at radius 1 is 1.15 bits per heavy atom. The highest BCUT2D eigenvalue weighted by Gasteiger charge is 2.11. The maximum atomic E-state index is 9.18. The van der Waals surface area contributed by atoms with Gasteiger partial charge in [0.25, 0.3) is 0 Å². The van der Waals surface area contributed by atoms with Gasteiger partial charge < -0.3 is 20.5 Å². The fourth-order valence-electron chi connectivity index (χ4n) is 1.83. The van der Waals surface area contributed by atoms with E-state index in [1.165, 1.54) is 0 Å². The standard InChI is InChI=1S/C15H15N3O2/c1-19-11-6-7-12(17)13(8-11)18-15-10(9-16)4-3-5-14(15)20-2/h3-8,18H,17H2,1-2H3. The van der Waals surface area contributed by atoms with Crippen molar-refractivity contribution < 1.29 is 9.47 Å². The minimum atomic E-state index is 0.478. The van der Waals surface area contributed by atoms with Gasteiger partial charge in [-0.15, -0.1) is 0 Å². The number of hydrogen-bond acceptors (Lipinski definition) is 5. The van der Waals surface area contributed by atoms with Crippen LogP contribution in [0.3, 0.4) is 0 Å². The molecule has 0 aromatic heterocycles. The Morgan fingerprint density at radius 3 is 2.60 bits per heavy atom. The molecular weight excluding hydrogens is 254 g/mol. The number of methoxy groups -OCH3 is 2. The number of benzene rings is 2. The summed E-state index contributed by atoms with van der Waals surface area (Å²) < 4.78 is 10.4. The van der Waals surface area contributed by atoms with Crippen LogP contribution in [0.5, 0.6) is 11.5 Å². The van der Waals surface area contributed by atoms with Crippen LogP contribution < -0.4 is 20.5 Å². The molecule has 5 heteroatoms. The summed E-state index contributed by atoms with van der Waals surface area (Å²) in [7, 11) is 3.13. The van der Waals surface area contributed by atoms with Crippen LogP contribution in [0.2, 0.25) is 0 Å². The summed E-state index contributed by atoms with van der Waals surface area (Å²) >= 11 is 0. The molecule has 0 saturated heterocycles. The predicted octanol–water partition coefficient (Wildman–Crippen LogP) is 2.90. The van der Waals surface area contributed by atoms with Crippen molar-refractivity contribution in [2.75, 3.05) is 25.3 Å². The van der Waals surface area contributed by atoms with Gasteiger partial charge in [0.2, 0.25) is 0 Å². The first-order valence-corrected chi connectivity index (χ1v) is 5.97. The third-order valence-corrected chi connectivity index (χ3v) is 2.89. The average molecular weight is 269 g/mol. The second kappa shape index (κ2) is 5.85. The van der Waals surface area contributed by atoms with E-state index in [4.69, 9.17) is 15.2 Å². The third-order valence-electron chi connectivity index (χ3n) is 2.89. The molecule has 0 aliphatic carbocycles. The van der Waals surface area contributed by atoms with Gasteiger partial charge >= 0.3 is 0 Å². The van der Waals surface area contributed by atoms with E-state index in [2.05, 4.69) is 11.4 Å². The molecule has 0 spiro atoms. The number of nitrogens with one attached hydrogen (secondary N) is 1. The number of rotatable bonds is 4. The summed E-state index contributed by atoms with van der Waals surface area (Å²) in [4.78, 5) is 0. The molecule has 2 rings (SSSR count). The Hall–Kier alpha value is -2.87. The molecule has 0 saturated carbocycles. The molecule has 5 nitrogen and oxygen atoms in total. The molecular formula is C15H15N3O2. The third kappa shape index (κ3) is 2.59. The zero-order chi connectivity index (χ0) is 14.5. The van der Waals surface area contributed by atoms with Gasteiger partial charge in [0.05, 0.1) is 36.8 Å². The number of nitrogens with zero attached hydrogens (tertiary/aromatic N) is 1. The highest BCUT2D eigenvalue weighted by molar-refractivity contribution is 5.79. The molecule has 0 bridgehead atoms. The van der Waals surface area contributed by atoms with Crippen LogP contribution >= 0.6 is 0 Å². The van der Waals surface area contributed by atoms with E-state index in [0.717, 1.165) is 0 Å². The minimum absolute atomic E-state index is 0.478. The van der Waals surface area contributed by atoms with Crippen molar-refractivity contribution in [1.29, 1.82) is 5.26 Å². The zero-order valence-electron chi connectivity index (χ0n) is 11.3. The number of nitriles is 1. The molecule has 0 aliphatic heterocycles. The van der Waals surface area contributed by atoms with Crippen LogP contribution in [0.15, 0.2) is 36.4 Å². The summed E-state index contributed by atoms with van der Waals surface area (Å²) in [6, 6.07) is 12.6. The van der Waals surface area contributed by atoms with Crippen molar-refractivity contribution in [1.82, 2.24) is 0 Å². The summed E-state index contributed by atoms with van der Waals surface area (Å²) in [5.41, 5.74) is 8.21. The van der Waals surface area contributed by atoms with Crippen molar-refractivity contribution in [3.8, 4) is 17.6 Å². The smallest absolute Gasteiger partial charge is 0.143 e. The quantitative estimate of drug-likeness (QED) is 0.834. The lowest BCUT2D eigenvalue weighted by molar-refractivity contribution is 0.414. The molecule has 0 radical (unpaired) electrons. The molecule has 102 valence electrons. The molecule has 0 unspecified atom stereocenters. The van der Waals surface area contributed by atoms with E-state index in [-0.39, 0.29) is 0 Å². The Bertz CT molecular complexity index is 663. The number of anilines is 3. The van der Waals surface area contributed by atoms with E-state index in [9.17, 15) is 5.26 Å². The van der Waals surface area contributed by atoms with Crippen molar-refractivity contribution in [3.05, 3.63) is 42.0 Å². The zero-order valence-corrected chi connectivity index (χ0v) is 11.3. The highest BCUT2D eigenvalue weighted by atomic mass is 16.5. The van der Waals surface area contributed by atoms with Crippen molar-refractivity contribution in [3.63, 3.8) is 0 Å². The maximum absolute atomic E-state index is 9.18. The van der Waals surface area contributed by atoms with Gasteiger partial charge in [0.1, 0.15) is 17.6 Å². The molecule has 2 aromatic rings. The van der Waals surface area contributed by atoms with E-state index in [1.807, 2.05) is 0 Å². The second-order valence-corrected chi connectivity index (χ2v) is 4.07. The lowest BCUT2D eigenvalue weighted by Crippen LogP contribution is -2.01. The van der Waals surface area contributed by atoms with Gasteiger partial charge in [-0.05, 0) is 24.3 Å². The highest BCUT2D eigenvalue weighted by Crippen LogP contribution is 2.34. The summed E-state index contributed by atoms with van der Waals surface area (Å²) in [5.74, 6) is 1.25. The van der Waals surface area contributed by atoms with Gasteiger partial charge in [-0.2, -0.15) is 5.26 Å². The van der Waals surface area contributed by atoms with Crippen LogP contribution in [0.25, 0.3) is 0 Å². The van der Waals surface area contributed by atoms with Crippen LogP contribution in [-0.4, -0.2) is 14.2 Å². The first-order chi connectivity index (χ1) is 9.69. The van der Waals surface area contributed by atoms with Crippen LogP contribution in [-0.2, 0) is 0 Å². The van der Waals surface area contributed by atoms with E-state index in [1.54, 1.807) is 50.6 Å². The van der Waals surface area contributed by atoms with E-state index in [0.29, 0.717) is 34.1 Å². The molecule has 0 atom stereocenters. The Labute approximate surface area is 117 Å². The Morgan fingerprint density at radius 2 is 1.95 bits per heavy atom. The molecule has 0 aliphatic rings. The molecule has 0 heterocycles. The number of ether oxygens (including phenoxy) is 2. The molecule has 0 fully saturated rings. The van der Waals surface area contributed by atoms with Gasteiger partial charge in [0, 0.05) is 6.07 Å². The fourth-order valence-corrected chi connectivity index (χ4v) is 1.83. The van der Waals surface area contributed by atoms with E-state index >= 15 is 0 Å². The topological polar surface area (TPSA) is 80.3 Å². The van der Waals surface area contributed by atoms with Gasteiger partial charge in [-0.25, -0.2) is 0 Å². The lowest BCUT2D eigenvalue weighted by atomic mass is 10.1. The summed E-state index contributed by atoms with van der Waals surface area (Å²) in [6.45, 7) is 0. The number of nitrogens with two attached hydrogens (primary N) is 1. The van der Waals surface area contributed by atoms with Crippen LogP contribution in [0, 0.1) is 11.3 Å². The Kier molecular flexibility index (Phi) is 3.96.